The van der Waals surface area contributed by atoms with E-state index in [1.807, 2.05) is 19.1 Å². The summed E-state index contributed by atoms with van der Waals surface area (Å²) in [6, 6.07) is 7.33. The highest BCUT2D eigenvalue weighted by molar-refractivity contribution is 6.04. The first-order valence-corrected chi connectivity index (χ1v) is 4.12. The average molecular weight is 176 g/mol. The molecule has 0 radical (unpaired) electrons. The predicted molar refractivity (Wildman–Crippen MR) is 51.7 cm³/mol. The first kappa shape index (κ1) is 9.68. The van der Waals surface area contributed by atoms with Gasteiger partial charge in [-0.2, -0.15) is 0 Å². The van der Waals surface area contributed by atoms with E-state index >= 15 is 0 Å². The van der Waals surface area contributed by atoms with E-state index < -0.39 is 0 Å². The van der Waals surface area contributed by atoms with Crippen LogP contribution in [0.25, 0.3) is 0 Å². The summed E-state index contributed by atoms with van der Waals surface area (Å²) >= 11 is 0. The zero-order chi connectivity index (χ0) is 9.68. The SMILES string of the molecule is Cc1ccc(C(=O)C=CCO)cc1. The molecular formula is C11H12O2. The highest BCUT2D eigenvalue weighted by Crippen LogP contribution is 2.04. The Morgan fingerprint density at radius 1 is 1.38 bits per heavy atom. The van der Waals surface area contributed by atoms with Crippen molar-refractivity contribution in [3.63, 3.8) is 0 Å². The van der Waals surface area contributed by atoms with Gasteiger partial charge >= 0.3 is 0 Å². The van der Waals surface area contributed by atoms with E-state index in [4.69, 9.17) is 5.11 Å². The fourth-order valence-corrected chi connectivity index (χ4v) is 0.974. The Labute approximate surface area is 77.5 Å². The summed E-state index contributed by atoms with van der Waals surface area (Å²) in [7, 11) is 0. The van der Waals surface area contributed by atoms with Crippen LogP contribution in [0.4, 0.5) is 0 Å². The molecule has 0 amide bonds. The maximum atomic E-state index is 11.3. The summed E-state index contributed by atoms with van der Waals surface area (Å²) in [6.07, 6.45) is 2.81. The first-order chi connectivity index (χ1) is 6.24. The van der Waals surface area contributed by atoms with Crippen molar-refractivity contribution in [3.05, 3.63) is 47.5 Å². The van der Waals surface area contributed by atoms with Crippen LogP contribution in [0, 0.1) is 6.92 Å². The van der Waals surface area contributed by atoms with E-state index in [0.717, 1.165) is 5.56 Å². The number of carbonyl (C=O) groups excluding carboxylic acids is 1. The molecule has 0 aliphatic rings. The van der Waals surface area contributed by atoms with Crippen molar-refractivity contribution in [3.8, 4) is 0 Å². The molecule has 0 spiro atoms. The van der Waals surface area contributed by atoms with Gasteiger partial charge in [0.25, 0.3) is 0 Å². The smallest absolute Gasteiger partial charge is 0.185 e. The van der Waals surface area contributed by atoms with Crippen molar-refractivity contribution in [1.29, 1.82) is 0 Å². The standard InChI is InChI=1S/C11H12O2/c1-9-4-6-10(7-5-9)11(13)3-2-8-12/h2-7,12H,8H2,1H3. The number of aliphatic hydroxyl groups is 1. The van der Waals surface area contributed by atoms with E-state index in [1.54, 1.807) is 12.1 Å². The molecule has 0 aromatic heterocycles. The Morgan fingerprint density at radius 2 is 2.00 bits per heavy atom. The van der Waals surface area contributed by atoms with Crippen LogP contribution in [-0.2, 0) is 0 Å². The number of allylic oxidation sites excluding steroid dienone is 1. The molecule has 0 saturated heterocycles. The lowest BCUT2D eigenvalue weighted by Gasteiger charge is -1.95. The van der Waals surface area contributed by atoms with Gasteiger partial charge in [-0.05, 0) is 13.0 Å². The Kier molecular flexibility index (Phi) is 3.41. The van der Waals surface area contributed by atoms with Gasteiger partial charge in [0.2, 0.25) is 0 Å². The highest BCUT2D eigenvalue weighted by Gasteiger charge is 1.99. The predicted octanol–water partition coefficient (Wildman–Crippen LogP) is 1.73. The third kappa shape index (κ3) is 2.84. The number of aryl methyl sites for hydroxylation is 1. The van der Waals surface area contributed by atoms with Gasteiger partial charge in [0.05, 0.1) is 6.61 Å². The number of hydrogen-bond donors (Lipinski definition) is 1. The van der Waals surface area contributed by atoms with Crippen molar-refractivity contribution in [2.75, 3.05) is 6.61 Å². The molecule has 1 aromatic carbocycles. The number of aliphatic hydroxyl groups excluding tert-OH is 1. The number of rotatable bonds is 3. The van der Waals surface area contributed by atoms with Crippen molar-refractivity contribution < 1.29 is 9.90 Å². The van der Waals surface area contributed by atoms with E-state index in [2.05, 4.69) is 0 Å². The lowest BCUT2D eigenvalue weighted by Crippen LogP contribution is -1.94. The number of benzene rings is 1. The maximum Gasteiger partial charge on any atom is 0.185 e. The van der Waals surface area contributed by atoms with Crippen LogP contribution in [0.1, 0.15) is 15.9 Å². The lowest BCUT2D eigenvalue weighted by molar-refractivity contribution is 0.104. The Balaban J connectivity index is 2.78. The molecule has 0 saturated carbocycles. The Bertz CT molecular complexity index is 309. The largest absolute Gasteiger partial charge is 0.392 e. The van der Waals surface area contributed by atoms with E-state index in [-0.39, 0.29) is 12.4 Å². The van der Waals surface area contributed by atoms with Gasteiger partial charge < -0.3 is 5.11 Å². The fourth-order valence-electron chi connectivity index (χ4n) is 0.974. The molecule has 0 aliphatic carbocycles. The van der Waals surface area contributed by atoms with Gasteiger partial charge in [0.15, 0.2) is 5.78 Å². The molecule has 0 unspecified atom stereocenters. The zero-order valence-electron chi connectivity index (χ0n) is 7.53. The molecule has 0 aliphatic heterocycles. The monoisotopic (exact) mass is 176 g/mol. The van der Waals surface area contributed by atoms with Crippen LogP contribution < -0.4 is 0 Å². The Morgan fingerprint density at radius 3 is 2.54 bits per heavy atom. The van der Waals surface area contributed by atoms with Crippen LogP contribution in [0.5, 0.6) is 0 Å². The van der Waals surface area contributed by atoms with E-state index in [9.17, 15) is 4.79 Å². The van der Waals surface area contributed by atoms with Crippen LogP contribution in [0.2, 0.25) is 0 Å². The van der Waals surface area contributed by atoms with Gasteiger partial charge in [-0.3, -0.25) is 4.79 Å². The van der Waals surface area contributed by atoms with E-state index in [0.29, 0.717) is 5.56 Å². The second-order valence-corrected chi connectivity index (χ2v) is 2.82. The Hall–Kier alpha value is -1.41. The third-order valence-electron chi connectivity index (χ3n) is 1.71. The summed E-state index contributed by atoms with van der Waals surface area (Å²) < 4.78 is 0. The lowest BCUT2D eigenvalue weighted by atomic mass is 10.1. The van der Waals surface area contributed by atoms with Gasteiger partial charge in [-0.1, -0.05) is 35.9 Å². The minimum atomic E-state index is -0.0996. The molecule has 13 heavy (non-hydrogen) atoms. The molecule has 1 aromatic rings. The molecular weight excluding hydrogens is 164 g/mol. The summed E-state index contributed by atoms with van der Waals surface area (Å²) in [5.74, 6) is -0.0750. The fraction of sp³-hybridized carbons (Fsp3) is 0.182. The quantitative estimate of drug-likeness (QED) is 0.562. The normalized spacial score (nSPS) is 10.6. The minimum Gasteiger partial charge on any atom is -0.392 e. The average Bonchev–Trinajstić information content (AvgIpc) is 2.15. The molecule has 2 heteroatoms. The summed E-state index contributed by atoms with van der Waals surface area (Å²) in [5.41, 5.74) is 1.78. The molecule has 0 atom stereocenters. The number of hydrogen-bond acceptors (Lipinski definition) is 2. The molecule has 68 valence electrons. The first-order valence-electron chi connectivity index (χ1n) is 4.12. The van der Waals surface area contributed by atoms with Crippen molar-refractivity contribution in [1.82, 2.24) is 0 Å². The highest BCUT2D eigenvalue weighted by atomic mass is 16.2. The van der Waals surface area contributed by atoms with Crippen LogP contribution >= 0.6 is 0 Å². The van der Waals surface area contributed by atoms with Crippen molar-refractivity contribution >= 4 is 5.78 Å². The molecule has 1 rings (SSSR count). The molecule has 0 fully saturated rings. The second-order valence-electron chi connectivity index (χ2n) is 2.82. The number of ketones is 1. The van der Waals surface area contributed by atoms with Crippen molar-refractivity contribution in [2.45, 2.75) is 6.92 Å². The van der Waals surface area contributed by atoms with Crippen molar-refractivity contribution in [2.24, 2.45) is 0 Å². The summed E-state index contributed by atoms with van der Waals surface area (Å²) in [4.78, 5) is 11.3. The van der Waals surface area contributed by atoms with Crippen LogP contribution in [0.3, 0.4) is 0 Å². The molecule has 2 nitrogen and oxygen atoms in total. The van der Waals surface area contributed by atoms with E-state index in [1.165, 1.54) is 12.2 Å². The van der Waals surface area contributed by atoms with Gasteiger partial charge in [-0.25, -0.2) is 0 Å². The molecule has 0 bridgehead atoms. The molecule has 0 heterocycles. The minimum absolute atomic E-state index is 0.0750. The van der Waals surface area contributed by atoms with Crippen LogP contribution in [-0.4, -0.2) is 17.5 Å². The topological polar surface area (TPSA) is 37.3 Å². The van der Waals surface area contributed by atoms with Gasteiger partial charge in [0, 0.05) is 5.56 Å². The summed E-state index contributed by atoms with van der Waals surface area (Å²) in [6.45, 7) is 1.87. The third-order valence-corrected chi connectivity index (χ3v) is 1.71. The van der Waals surface area contributed by atoms with Crippen LogP contribution in [0.15, 0.2) is 36.4 Å². The zero-order valence-corrected chi connectivity index (χ0v) is 7.53. The molecule has 1 N–H and O–H groups in total. The second kappa shape index (κ2) is 4.58. The number of carbonyl (C=O) groups is 1. The maximum absolute atomic E-state index is 11.3. The van der Waals surface area contributed by atoms with Gasteiger partial charge in [0.1, 0.15) is 0 Å². The summed E-state index contributed by atoms with van der Waals surface area (Å²) in [5, 5.41) is 8.47. The van der Waals surface area contributed by atoms with Gasteiger partial charge in [-0.15, -0.1) is 0 Å².